The van der Waals surface area contributed by atoms with Crippen LogP contribution in [0.25, 0.3) is 77.2 Å². The second-order valence-electron chi connectivity index (χ2n) is 17.5. The summed E-state index contributed by atoms with van der Waals surface area (Å²) in [5.74, 6) is 0. The van der Waals surface area contributed by atoms with Gasteiger partial charge in [-0.15, -0.1) is 0 Å². The monoisotopic (exact) mass is 853 g/mol. The van der Waals surface area contributed by atoms with Gasteiger partial charge < -0.3 is 9.32 Å². The molecule has 11 aromatic carbocycles. The Hall–Kier alpha value is -8.72. The van der Waals surface area contributed by atoms with E-state index in [2.05, 4.69) is 260 Å². The molecule has 13 rings (SSSR count). The summed E-state index contributed by atoms with van der Waals surface area (Å²) >= 11 is 0. The van der Waals surface area contributed by atoms with Gasteiger partial charge in [-0.2, -0.15) is 0 Å². The van der Waals surface area contributed by atoms with Crippen LogP contribution in [0, 0.1) is 0 Å². The zero-order valence-corrected chi connectivity index (χ0v) is 36.7. The molecular formula is C65H43NO. The molecule has 0 saturated heterocycles. The molecule has 0 amide bonds. The molecule has 0 saturated carbocycles. The Bertz CT molecular complexity index is 3760. The second kappa shape index (κ2) is 15.8. The number of hydrogen-bond donors (Lipinski definition) is 0. The summed E-state index contributed by atoms with van der Waals surface area (Å²) in [5, 5.41) is 4.72. The van der Waals surface area contributed by atoms with Crippen molar-refractivity contribution in [2.45, 2.75) is 5.41 Å². The van der Waals surface area contributed by atoms with Crippen molar-refractivity contribution >= 4 is 49.8 Å². The van der Waals surface area contributed by atoms with Gasteiger partial charge in [0.05, 0.1) is 11.1 Å². The van der Waals surface area contributed by atoms with E-state index in [1.165, 1.54) is 60.8 Å². The van der Waals surface area contributed by atoms with Gasteiger partial charge in [0.25, 0.3) is 0 Å². The van der Waals surface area contributed by atoms with Gasteiger partial charge in [-0.3, -0.25) is 0 Å². The number of benzene rings is 11. The molecule has 0 N–H and O–H groups in total. The highest BCUT2D eigenvalue weighted by atomic mass is 16.3. The molecule has 0 bridgehead atoms. The van der Waals surface area contributed by atoms with Crippen molar-refractivity contribution in [3.8, 4) is 44.5 Å². The topological polar surface area (TPSA) is 16.4 Å². The third kappa shape index (κ3) is 6.18. The minimum Gasteiger partial charge on any atom is -0.455 e. The van der Waals surface area contributed by atoms with Crippen molar-refractivity contribution < 1.29 is 4.42 Å². The van der Waals surface area contributed by atoms with Crippen LogP contribution in [0.1, 0.15) is 22.3 Å². The van der Waals surface area contributed by atoms with Crippen LogP contribution in [-0.4, -0.2) is 0 Å². The Morgan fingerprint density at radius 1 is 0.313 bits per heavy atom. The predicted molar refractivity (Wildman–Crippen MR) is 280 cm³/mol. The largest absolute Gasteiger partial charge is 0.455 e. The fourth-order valence-electron chi connectivity index (χ4n) is 11.0. The van der Waals surface area contributed by atoms with E-state index in [0.717, 1.165) is 55.7 Å². The third-order valence-corrected chi connectivity index (χ3v) is 14.0. The van der Waals surface area contributed by atoms with Crippen molar-refractivity contribution in [3.05, 3.63) is 283 Å². The van der Waals surface area contributed by atoms with E-state index < -0.39 is 5.41 Å². The summed E-state index contributed by atoms with van der Waals surface area (Å²) in [6.45, 7) is 0. The second-order valence-corrected chi connectivity index (χ2v) is 17.5. The molecular weight excluding hydrogens is 811 g/mol. The molecule has 1 aromatic heterocycles. The molecule has 12 aromatic rings. The lowest BCUT2D eigenvalue weighted by Crippen LogP contribution is -2.28. The van der Waals surface area contributed by atoms with Crippen LogP contribution >= 0.6 is 0 Å². The Morgan fingerprint density at radius 3 is 1.70 bits per heavy atom. The molecule has 67 heavy (non-hydrogen) atoms. The first-order valence-corrected chi connectivity index (χ1v) is 23.1. The van der Waals surface area contributed by atoms with Crippen LogP contribution in [0.2, 0.25) is 0 Å². The third-order valence-electron chi connectivity index (χ3n) is 14.0. The zero-order valence-electron chi connectivity index (χ0n) is 36.7. The van der Waals surface area contributed by atoms with Crippen LogP contribution in [0.4, 0.5) is 17.1 Å². The Balaban J connectivity index is 1.02. The number of anilines is 3. The molecule has 314 valence electrons. The molecule has 1 aliphatic carbocycles. The number of nitrogens with zero attached hydrogens (tertiary/aromatic N) is 1. The quantitative estimate of drug-likeness (QED) is 0.151. The highest BCUT2D eigenvalue weighted by molar-refractivity contribution is 6.11. The first kappa shape index (κ1) is 38.7. The lowest BCUT2D eigenvalue weighted by Gasteiger charge is -2.35. The normalized spacial score (nSPS) is 12.6. The van der Waals surface area contributed by atoms with Crippen molar-refractivity contribution in [3.63, 3.8) is 0 Å². The smallest absolute Gasteiger partial charge is 0.143 e. The van der Waals surface area contributed by atoms with Crippen LogP contribution in [0.5, 0.6) is 0 Å². The molecule has 2 heteroatoms. The Labute approximate surface area is 390 Å². The average Bonchev–Trinajstić information content (AvgIpc) is 3.93. The van der Waals surface area contributed by atoms with Crippen molar-refractivity contribution in [2.24, 2.45) is 0 Å². The van der Waals surface area contributed by atoms with Gasteiger partial charge in [0.2, 0.25) is 0 Å². The lowest BCUT2D eigenvalue weighted by molar-refractivity contribution is 0.670. The van der Waals surface area contributed by atoms with E-state index in [0.29, 0.717) is 0 Å². The summed E-state index contributed by atoms with van der Waals surface area (Å²) in [5.41, 5.74) is 18.8. The molecule has 1 heterocycles. The average molecular weight is 854 g/mol. The molecule has 0 radical (unpaired) electrons. The maximum atomic E-state index is 6.72. The summed E-state index contributed by atoms with van der Waals surface area (Å²) in [4.78, 5) is 2.44. The SMILES string of the molecule is c1ccc(C2(c3ccccc3)c3ccccc3-c3ccc(N(c4ccc(-c5cccc(-c6cccc7ccccc67)c5)cc4)c4ccccc4-c4cccc5c4oc4ccccc45)cc32)cc1. The summed E-state index contributed by atoms with van der Waals surface area (Å²) < 4.78 is 6.72. The van der Waals surface area contributed by atoms with Gasteiger partial charge in [-0.1, -0.05) is 218 Å². The highest BCUT2D eigenvalue weighted by Crippen LogP contribution is 2.57. The van der Waals surface area contributed by atoms with Gasteiger partial charge in [0.15, 0.2) is 0 Å². The number of hydrogen-bond acceptors (Lipinski definition) is 2. The van der Waals surface area contributed by atoms with Gasteiger partial charge in [-0.05, 0) is 109 Å². The van der Waals surface area contributed by atoms with Gasteiger partial charge in [0, 0.05) is 33.3 Å². The number of fused-ring (bicyclic) bond motifs is 7. The maximum Gasteiger partial charge on any atom is 0.143 e. The molecule has 0 atom stereocenters. The zero-order chi connectivity index (χ0) is 44.3. The minimum atomic E-state index is -0.547. The molecule has 0 unspecified atom stereocenters. The van der Waals surface area contributed by atoms with E-state index in [-0.39, 0.29) is 0 Å². The lowest BCUT2D eigenvalue weighted by atomic mass is 9.67. The molecule has 0 spiro atoms. The summed E-state index contributed by atoms with van der Waals surface area (Å²) in [6.07, 6.45) is 0. The van der Waals surface area contributed by atoms with E-state index >= 15 is 0 Å². The predicted octanol–water partition coefficient (Wildman–Crippen LogP) is 17.6. The molecule has 0 aliphatic heterocycles. The van der Waals surface area contributed by atoms with Gasteiger partial charge in [0.1, 0.15) is 11.2 Å². The number of furan rings is 1. The maximum absolute atomic E-state index is 6.72. The van der Waals surface area contributed by atoms with Crippen LogP contribution in [0.3, 0.4) is 0 Å². The first-order chi connectivity index (χ1) is 33.2. The molecule has 1 aliphatic rings. The van der Waals surface area contributed by atoms with Crippen molar-refractivity contribution in [1.29, 1.82) is 0 Å². The van der Waals surface area contributed by atoms with Gasteiger partial charge >= 0.3 is 0 Å². The van der Waals surface area contributed by atoms with E-state index in [9.17, 15) is 0 Å². The van der Waals surface area contributed by atoms with Crippen LogP contribution < -0.4 is 4.90 Å². The summed E-state index contributed by atoms with van der Waals surface area (Å²) in [7, 11) is 0. The Kier molecular flexibility index (Phi) is 9.11. The van der Waals surface area contributed by atoms with E-state index in [4.69, 9.17) is 4.42 Å². The molecule has 2 nitrogen and oxygen atoms in total. The van der Waals surface area contributed by atoms with Gasteiger partial charge in [-0.25, -0.2) is 0 Å². The minimum absolute atomic E-state index is 0.547. The van der Waals surface area contributed by atoms with E-state index in [1.807, 2.05) is 6.07 Å². The van der Waals surface area contributed by atoms with Crippen LogP contribution in [-0.2, 0) is 5.41 Å². The molecule has 0 fully saturated rings. The number of para-hydroxylation sites is 3. The van der Waals surface area contributed by atoms with E-state index in [1.54, 1.807) is 0 Å². The van der Waals surface area contributed by atoms with Crippen molar-refractivity contribution in [2.75, 3.05) is 4.90 Å². The standard InChI is InChI=1S/C65H43NO/c1-3-22-48(23-4-1)65(49-24-5-2-6-25-49)60-33-12-9-27-54(60)55-41-40-51(43-61(55)65)66(62-34-13-10-28-56(62)58-31-17-32-59-57-29-11-14-35-63(57)67-64(58)59)50-38-36-44(37-39-50)46-20-15-21-47(42-46)53-30-16-19-45-18-7-8-26-52(45)53/h1-43H. The highest BCUT2D eigenvalue weighted by Gasteiger charge is 2.46. The van der Waals surface area contributed by atoms with Crippen LogP contribution in [0.15, 0.2) is 265 Å². The fourth-order valence-corrected chi connectivity index (χ4v) is 11.0. The first-order valence-electron chi connectivity index (χ1n) is 23.1. The Morgan fingerprint density at radius 2 is 0.881 bits per heavy atom. The fraction of sp³-hybridized carbons (Fsp3) is 0.0154. The number of rotatable bonds is 8. The van der Waals surface area contributed by atoms with Crippen molar-refractivity contribution in [1.82, 2.24) is 0 Å². The summed E-state index contributed by atoms with van der Waals surface area (Å²) in [6, 6.07) is 95.0.